The first-order valence-corrected chi connectivity index (χ1v) is 8.27. The van der Waals surface area contributed by atoms with Gasteiger partial charge in [-0.25, -0.2) is 4.79 Å². The quantitative estimate of drug-likeness (QED) is 0.794. The van der Waals surface area contributed by atoms with Crippen molar-refractivity contribution < 1.29 is 23.8 Å². The largest absolute Gasteiger partial charge is 0.493 e. The van der Waals surface area contributed by atoms with Gasteiger partial charge >= 0.3 is 5.97 Å². The van der Waals surface area contributed by atoms with Gasteiger partial charge < -0.3 is 19.5 Å². The molecule has 1 aromatic carbocycles. The molecule has 0 spiro atoms. The Labute approximate surface area is 146 Å². The molecule has 1 amide bonds. The monoisotopic (exact) mass is 355 g/mol. The van der Waals surface area contributed by atoms with E-state index in [0.29, 0.717) is 11.5 Å². The standard InChI is InChI=1S/C17H22ClNO5/c1-10(16(20)19-12-6-4-5-7-12)24-17(21)11-8-13(18)15(23-3)14(9-11)22-2/h8-10,12H,4-7H2,1-3H3,(H,19,20). The van der Waals surface area contributed by atoms with E-state index < -0.39 is 12.1 Å². The summed E-state index contributed by atoms with van der Waals surface area (Å²) in [5.74, 6) is -0.281. The average Bonchev–Trinajstić information content (AvgIpc) is 3.06. The third kappa shape index (κ3) is 4.32. The van der Waals surface area contributed by atoms with Crippen LogP contribution >= 0.6 is 11.6 Å². The van der Waals surface area contributed by atoms with Gasteiger partial charge in [-0.05, 0) is 31.9 Å². The SMILES string of the molecule is COc1cc(C(=O)OC(C)C(=O)NC2CCCC2)cc(Cl)c1OC. The van der Waals surface area contributed by atoms with Crippen molar-refractivity contribution in [2.75, 3.05) is 14.2 Å². The van der Waals surface area contributed by atoms with E-state index in [1.54, 1.807) is 6.92 Å². The highest BCUT2D eigenvalue weighted by Gasteiger charge is 2.24. The van der Waals surface area contributed by atoms with Crippen molar-refractivity contribution in [1.29, 1.82) is 0 Å². The molecule has 1 aliphatic rings. The molecule has 1 saturated carbocycles. The summed E-state index contributed by atoms with van der Waals surface area (Å²) in [4.78, 5) is 24.4. The highest BCUT2D eigenvalue weighted by Crippen LogP contribution is 2.36. The minimum absolute atomic E-state index is 0.175. The molecule has 6 nitrogen and oxygen atoms in total. The Kier molecular flexibility index (Phi) is 6.31. The predicted octanol–water partition coefficient (Wildman–Crippen LogP) is 2.96. The van der Waals surface area contributed by atoms with Gasteiger partial charge in [0, 0.05) is 6.04 Å². The lowest BCUT2D eigenvalue weighted by atomic mass is 10.2. The molecule has 1 fully saturated rings. The fraction of sp³-hybridized carbons (Fsp3) is 0.529. The van der Waals surface area contributed by atoms with Crippen molar-refractivity contribution in [2.24, 2.45) is 0 Å². The number of carbonyl (C=O) groups excluding carboxylic acids is 2. The topological polar surface area (TPSA) is 73.9 Å². The van der Waals surface area contributed by atoms with E-state index in [1.807, 2.05) is 0 Å². The van der Waals surface area contributed by atoms with E-state index in [1.165, 1.54) is 26.4 Å². The van der Waals surface area contributed by atoms with Gasteiger partial charge in [0.05, 0.1) is 24.8 Å². The molecule has 7 heteroatoms. The molecule has 2 rings (SSSR count). The third-order valence-corrected chi connectivity index (χ3v) is 4.30. The van der Waals surface area contributed by atoms with Crippen LogP contribution in [0.25, 0.3) is 0 Å². The fourth-order valence-electron chi connectivity index (χ4n) is 2.71. The van der Waals surface area contributed by atoms with E-state index >= 15 is 0 Å². The van der Waals surface area contributed by atoms with E-state index in [0.717, 1.165) is 25.7 Å². The number of benzene rings is 1. The van der Waals surface area contributed by atoms with Crippen molar-refractivity contribution >= 4 is 23.5 Å². The van der Waals surface area contributed by atoms with Crippen LogP contribution in [0.1, 0.15) is 43.0 Å². The molecule has 0 aliphatic heterocycles. The van der Waals surface area contributed by atoms with Crippen LogP contribution in [0.15, 0.2) is 12.1 Å². The fourth-order valence-corrected chi connectivity index (χ4v) is 2.99. The molecular weight excluding hydrogens is 334 g/mol. The van der Waals surface area contributed by atoms with Gasteiger partial charge in [0.25, 0.3) is 5.91 Å². The van der Waals surface area contributed by atoms with Crippen molar-refractivity contribution in [3.63, 3.8) is 0 Å². The Bertz CT molecular complexity index is 613. The molecule has 0 saturated heterocycles. The lowest BCUT2D eigenvalue weighted by Gasteiger charge is -2.17. The second-order valence-corrected chi connectivity index (χ2v) is 6.14. The summed E-state index contributed by atoms with van der Waals surface area (Å²) in [6.45, 7) is 1.55. The van der Waals surface area contributed by atoms with Gasteiger partial charge in [-0.15, -0.1) is 0 Å². The summed E-state index contributed by atoms with van der Waals surface area (Å²) < 4.78 is 15.5. The first-order chi connectivity index (χ1) is 11.5. The third-order valence-electron chi connectivity index (χ3n) is 4.02. The van der Waals surface area contributed by atoms with Gasteiger partial charge in [-0.3, -0.25) is 4.79 Å². The van der Waals surface area contributed by atoms with Crippen LogP contribution < -0.4 is 14.8 Å². The normalized spacial score (nSPS) is 15.7. The molecule has 0 heterocycles. The number of hydrogen-bond acceptors (Lipinski definition) is 5. The molecule has 1 unspecified atom stereocenters. The first-order valence-electron chi connectivity index (χ1n) is 7.89. The van der Waals surface area contributed by atoms with Gasteiger partial charge in [-0.1, -0.05) is 24.4 Å². The lowest BCUT2D eigenvalue weighted by Crippen LogP contribution is -2.40. The lowest BCUT2D eigenvalue weighted by molar-refractivity contribution is -0.129. The summed E-state index contributed by atoms with van der Waals surface area (Å²) in [7, 11) is 2.90. The Morgan fingerprint density at radius 1 is 1.21 bits per heavy atom. The molecule has 1 atom stereocenters. The Morgan fingerprint density at radius 2 is 1.88 bits per heavy atom. The van der Waals surface area contributed by atoms with E-state index in [2.05, 4.69) is 5.32 Å². The highest BCUT2D eigenvalue weighted by atomic mass is 35.5. The Morgan fingerprint density at radius 3 is 2.46 bits per heavy atom. The van der Waals surface area contributed by atoms with Crippen LogP contribution in [0.3, 0.4) is 0 Å². The van der Waals surface area contributed by atoms with Crippen molar-refractivity contribution in [3.05, 3.63) is 22.7 Å². The summed E-state index contributed by atoms with van der Waals surface area (Å²) in [6, 6.07) is 3.07. The highest BCUT2D eigenvalue weighted by molar-refractivity contribution is 6.32. The number of halogens is 1. The maximum absolute atomic E-state index is 12.3. The summed E-state index contributed by atoms with van der Waals surface area (Å²) in [5, 5.41) is 3.13. The summed E-state index contributed by atoms with van der Waals surface area (Å²) in [5.41, 5.74) is 0.193. The van der Waals surface area contributed by atoms with Crippen LogP contribution in [-0.4, -0.2) is 38.2 Å². The van der Waals surface area contributed by atoms with Gasteiger partial charge in [0.1, 0.15) is 0 Å². The number of methoxy groups -OCH3 is 2. The number of amides is 1. The molecular formula is C17H22ClNO5. The zero-order valence-corrected chi connectivity index (χ0v) is 14.8. The maximum atomic E-state index is 12.3. The molecule has 0 bridgehead atoms. The van der Waals surface area contributed by atoms with Gasteiger partial charge in [0.2, 0.25) is 0 Å². The van der Waals surface area contributed by atoms with E-state index in [4.69, 9.17) is 25.8 Å². The number of ether oxygens (including phenoxy) is 3. The Hall–Kier alpha value is -1.95. The number of nitrogens with one attached hydrogen (secondary N) is 1. The minimum Gasteiger partial charge on any atom is -0.493 e. The molecule has 1 aromatic rings. The summed E-state index contributed by atoms with van der Waals surface area (Å²) in [6.07, 6.45) is 3.28. The first kappa shape index (κ1) is 18.4. The number of rotatable bonds is 6. The second-order valence-electron chi connectivity index (χ2n) is 5.73. The number of carbonyl (C=O) groups is 2. The van der Waals surface area contributed by atoms with Crippen LogP contribution in [-0.2, 0) is 9.53 Å². The predicted molar refractivity (Wildman–Crippen MR) is 89.8 cm³/mol. The zero-order chi connectivity index (χ0) is 17.7. The van der Waals surface area contributed by atoms with E-state index in [-0.39, 0.29) is 22.5 Å². The summed E-state index contributed by atoms with van der Waals surface area (Å²) >= 11 is 6.08. The van der Waals surface area contributed by atoms with Crippen molar-refractivity contribution in [2.45, 2.75) is 44.8 Å². The number of esters is 1. The van der Waals surface area contributed by atoms with Crippen LogP contribution in [0, 0.1) is 0 Å². The minimum atomic E-state index is -0.884. The molecule has 1 N–H and O–H groups in total. The smallest absolute Gasteiger partial charge is 0.339 e. The average molecular weight is 356 g/mol. The molecule has 132 valence electrons. The van der Waals surface area contributed by atoms with Crippen LogP contribution in [0.2, 0.25) is 5.02 Å². The zero-order valence-electron chi connectivity index (χ0n) is 14.1. The van der Waals surface area contributed by atoms with E-state index in [9.17, 15) is 9.59 Å². The van der Waals surface area contributed by atoms with Crippen LogP contribution in [0.4, 0.5) is 0 Å². The Balaban J connectivity index is 2.03. The molecule has 1 aliphatic carbocycles. The number of hydrogen-bond donors (Lipinski definition) is 1. The molecule has 24 heavy (non-hydrogen) atoms. The maximum Gasteiger partial charge on any atom is 0.339 e. The van der Waals surface area contributed by atoms with Gasteiger partial charge in [0.15, 0.2) is 17.6 Å². The van der Waals surface area contributed by atoms with Crippen LogP contribution in [0.5, 0.6) is 11.5 Å². The van der Waals surface area contributed by atoms with Crippen molar-refractivity contribution in [1.82, 2.24) is 5.32 Å². The second kappa shape index (κ2) is 8.24. The molecule has 0 radical (unpaired) electrons. The van der Waals surface area contributed by atoms with Gasteiger partial charge in [-0.2, -0.15) is 0 Å². The molecule has 0 aromatic heterocycles. The van der Waals surface area contributed by atoms with Crippen molar-refractivity contribution in [3.8, 4) is 11.5 Å².